The molecule has 0 spiro atoms. The number of ether oxygens (including phenoxy) is 2. The highest BCUT2D eigenvalue weighted by molar-refractivity contribution is 5.75. The molecule has 0 aliphatic carbocycles. The minimum absolute atomic E-state index is 0.0125. The van der Waals surface area contributed by atoms with Crippen LogP contribution in [0.15, 0.2) is 0 Å². The fraction of sp³-hybridized carbons (Fsp3) is 0.800. The van der Waals surface area contributed by atoms with Gasteiger partial charge in [0.25, 0.3) is 6.47 Å². The monoisotopic (exact) mass is 217 g/mol. The standard InChI is InChI=1S/C10H19NO4/c1-6(2)8(11)9(13)15-10(7(3)4)14-5-12/h5-8,10H,11H2,1-4H3/t8-,10?/m0/s1. The summed E-state index contributed by atoms with van der Waals surface area (Å²) in [4.78, 5) is 21.6. The first kappa shape index (κ1) is 13.9. The lowest BCUT2D eigenvalue weighted by Gasteiger charge is -2.22. The molecule has 0 aliphatic heterocycles. The second-order valence-electron chi connectivity index (χ2n) is 4.05. The van der Waals surface area contributed by atoms with E-state index in [0.717, 1.165) is 0 Å². The van der Waals surface area contributed by atoms with Gasteiger partial charge in [0.15, 0.2) is 0 Å². The Morgan fingerprint density at radius 3 is 2.07 bits per heavy atom. The van der Waals surface area contributed by atoms with Crippen molar-refractivity contribution in [3.63, 3.8) is 0 Å². The molecule has 0 saturated heterocycles. The zero-order chi connectivity index (χ0) is 12.0. The number of hydrogen-bond donors (Lipinski definition) is 1. The van der Waals surface area contributed by atoms with Crippen LogP contribution in [-0.4, -0.2) is 24.8 Å². The van der Waals surface area contributed by atoms with Crippen LogP contribution in [-0.2, 0) is 19.1 Å². The highest BCUT2D eigenvalue weighted by atomic mass is 16.7. The molecular formula is C10H19NO4. The predicted octanol–water partition coefficient (Wildman–Crippen LogP) is 0.668. The van der Waals surface area contributed by atoms with Crippen molar-refractivity contribution in [2.24, 2.45) is 17.6 Å². The molecule has 0 amide bonds. The fourth-order valence-corrected chi connectivity index (χ4v) is 0.841. The Kier molecular flexibility index (Phi) is 5.93. The molecule has 0 radical (unpaired) electrons. The van der Waals surface area contributed by atoms with Crippen molar-refractivity contribution >= 4 is 12.4 Å². The molecule has 88 valence electrons. The summed E-state index contributed by atoms with van der Waals surface area (Å²) in [5.74, 6) is -0.661. The minimum Gasteiger partial charge on any atom is -0.427 e. The molecule has 0 heterocycles. The molecule has 0 bridgehead atoms. The van der Waals surface area contributed by atoms with Crippen LogP contribution in [0, 0.1) is 11.8 Å². The van der Waals surface area contributed by atoms with Crippen molar-refractivity contribution in [1.82, 2.24) is 0 Å². The molecule has 0 saturated carbocycles. The van der Waals surface area contributed by atoms with Gasteiger partial charge in [0.1, 0.15) is 6.04 Å². The van der Waals surface area contributed by atoms with E-state index in [0.29, 0.717) is 0 Å². The maximum absolute atomic E-state index is 11.4. The molecule has 0 aromatic rings. The summed E-state index contributed by atoms with van der Waals surface area (Å²) in [5.41, 5.74) is 5.59. The van der Waals surface area contributed by atoms with Crippen molar-refractivity contribution in [1.29, 1.82) is 0 Å². The van der Waals surface area contributed by atoms with Crippen LogP contribution in [0.4, 0.5) is 0 Å². The van der Waals surface area contributed by atoms with E-state index >= 15 is 0 Å². The van der Waals surface area contributed by atoms with Gasteiger partial charge in [-0.05, 0) is 5.92 Å². The van der Waals surface area contributed by atoms with Crippen LogP contribution in [0.3, 0.4) is 0 Å². The summed E-state index contributed by atoms with van der Waals surface area (Å²) in [7, 11) is 0. The average Bonchev–Trinajstić information content (AvgIpc) is 2.15. The quantitative estimate of drug-likeness (QED) is 0.402. The summed E-state index contributed by atoms with van der Waals surface area (Å²) >= 11 is 0. The van der Waals surface area contributed by atoms with Gasteiger partial charge in [-0.25, -0.2) is 0 Å². The molecule has 2 N–H and O–H groups in total. The highest BCUT2D eigenvalue weighted by Crippen LogP contribution is 2.10. The molecule has 0 aromatic heterocycles. The predicted molar refractivity (Wildman–Crippen MR) is 54.7 cm³/mol. The summed E-state index contributed by atoms with van der Waals surface area (Å²) in [6.45, 7) is 7.46. The Labute approximate surface area is 89.9 Å². The second kappa shape index (κ2) is 6.40. The van der Waals surface area contributed by atoms with Gasteiger partial charge in [0.2, 0.25) is 6.29 Å². The topological polar surface area (TPSA) is 78.6 Å². The third kappa shape index (κ3) is 4.78. The lowest BCUT2D eigenvalue weighted by atomic mass is 10.1. The molecule has 0 aliphatic rings. The third-order valence-electron chi connectivity index (χ3n) is 1.96. The Morgan fingerprint density at radius 1 is 1.20 bits per heavy atom. The summed E-state index contributed by atoms with van der Waals surface area (Å²) in [5, 5.41) is 0. The molecule has 0 aromatic carbocycles. The molecule has 1 unspecified atom stereocenters. The largest absolute Gasteiger partial charge is 0.427 e. The van der Waals surface area contributed by atoms with Crippen molar-refractivity contribution in [3.05, 3.63) is 0 Å². The number of nitrogens with two attached hydrogens (primary N) is 1. The highest BCUT2D eigenvalue weighted by Gasteiger charge is 2.25. The number of carbonyl (C=O) groups is 2. The van der Waals surface area contributed by atoms with Gasteiger partial charge in [0.05, 0.1) is 0 Å². The average molecular weight is 217 g/mol. The van der Waals surface area contributed by atoms with Gasteiger partial charge in [-0.1, -0.05) is 27.7 Å². The first-order valence-electron chi connectivity index (χ1n) is 4.95. The van der Waals surface area contributed by atoms with Gasteiger partial charge in [-0.2, -0.15) is 0 Å². The van der Waals surface area contributed by atoms with E-state index in [-0.39, 0.29) is 18.3 Å². The van der Waals surface area contributed by atoms with Gasteiger partial charge in [-0.15, -0.1) is 0 Å². The number of hydrogen-bond acceptors (Lipinski definition) is 5. The number of esters is 1. The Bertz CT molecular complexity index is 215. The maximum Gasteiger partial charge on any atom is 0.326 e. The normalized spacial score (nSPS) is 14.9. The molecule has 5 nitrogen and oxygen atoms in total. The molecule has 0 fully saturated rings. The molecule has 2 atom stereocenters. The van der Waals surface area contributed by atoms with E-state index in [1.807, 2.05) is 13.8 Å². The van der Waals surface area contributed by atoms with Crippen LogP contribution in [0.5, 0.6) is 0 Å². The summed E-state index contributed by atoms with van der Waals surface area (Å²) in [6.07, 6.45) is -0.861. The van der Waals surface area contributed by atoms with Gasteiger partial charge in [-0.3, -0.25) is 9.59 Å². The second-order valence-corrected chi connectivity index (χ2v) is 4.05. The van der Waals surface area contributed by atoms with Crippen LogP contribution in [0.2, 0.25) is 0 Å². The first-order valence-corrected chi connectivity index (χ1v) is 4.95. The molecule has 0 rings (SSSR count). The van der Waals surface area contributed by atoms with Crippen molar-refractivity contribution < 1.29 is 19.1 Å². The van der Waals surface area contributed by atoms with Gasteiger partial charge >= 0.3 is 5.97 Å². The molecular weight excluding hydrogens is 198 g/mol. The van der Waals surface area contributed by atoms with E-state index < -0.39 is 18.3 Å². The maximum atomic E-state index is 11.4. The van der Waals surface area contributed by atoms with Crippen LogP contribution in [0.1, 0.15) is 27.7 Å². The number of carbonyl (C=O) groups excluding carboxylic acids is 2. The zero-order valence-corrected chi connectivity index (χ0v) is 9.60. The summed E-state index contributed by atoms with van der Waals surface area (Å²) < 4.78 is 9.58. The Balaban J connectivity index is 4.28. The van der Waals surface area contributed by atoms with Gasteiger partial charge < -0.3 is 15.2 Å². The minimum atomic E-state index is -0.861. The van der Waals surface area contributed by atoms with Crippen LogP contribution < -0.4 is 5.73 Å². The van der Waals surface area contributed by atoms with E-state index in [2.05, 4.69) is 4.74 Å². The molecule has 5 heteroatoms. The Hall–Kier alpha value is -1.10. The lowest BCUT2D eigenvalue weighted by molar-refractivity contribution is -0.189. The van der Waals surface area contributed by atoms with Gasteiger partial charge in [0, 0.05) is 5.92 Å². The Morgan fingerprint density at radius 2 is 1.73 bits per heavy atom. The fourth-order valence-electron chi connectivity index (χ4n) is 0.841. The van der Waals surface area contributed by atoms with Crippen molar-refractivity contribution in [2.75, 3.05) is 0 Å². The number of rotatable bonds is 6. The van der Waals surface area contributed by atoms with Crippen LogP contribution in [0.25, 0.3) is 0 Å². The summed E-state index contributed by atoms with van der Waals surface area (Å²) in [6, 6.07) is -0.693. The third-order valence-corrected chi connectivity index (χ3v) is 1.96. The van der Waals surface area contributed by atoms with Crippen LogP contribution >= 0.6 is 0 Å². The van der Waals surface area contributed by atoms with E-state index in [1.165, 1.54) is 0 Å². The molecule has 15 heavy (non-hydrogen) atoms. The van der Waals surface area contributed by atoms with E-state index in [4.69, 9.17) is 10.5 Å². The zero-order valence-electron chi connectivity index (χ0n) is 9.60. The van der Waals surface area contributed by atoms with Crippen molar-refractivity contribution in [2.45, 2.75) is 40.0 Å². The van der Waals surface area contributed by atoms with Crippen molar-refractivity contribution in [3.8, 4) is 0 Å². The SMILES string of the molecule is CC(C)C(OC=O)OC(=O)[C@@H](N)C(C)C. The van der Waals surface area contributed by atoms with E-state index in [9.17, 15) is 9.59 Å². The lowest BCUT2D eigenvalue weighted by Crippen LogP contribution is -2.40. The smallest absolute Gasteiger partial charge is 0.326 e. The first-order chi connectivity index (χ1) is 6.90. The van der Waals surface area contributed by atoms with E-state index in [1.54, 1.807) is 13.8 Å².